The van der Waals surface area contributed by atoms with E-state index in [1.54, 1.807) is 12.1 Å². The first-order valence-corrected chi connectivity index (χ1v) is 8.01. The lowest BCUT2D eigenvalue weighted by Crippen LogP contribution is -2.33. The van der Waals surface area contributed by atoms with E-state index in [4.69, 9.17) is 15.2 Å². The Morgan fingerprint density at radius 1 is 1.26 bits per heavy atom. The van der Waals surface area contributed by atoms with Crippen molar-refractivity contribution < 1.29 is 17.9 Å². The summed E-state index contributed by atoms with van der Waals surface area (Å²) >= 11 is 0. The van der Waals surface area contributed by atoms with Crippen LogP contribution in [-0.2, 0) is 10.0 Å². The van der Waals surface area contributed by atoms with Crippen molar-refractivity contribution >= 4 is 21.4 Å². The fourth-order valence-electron chi connectivity index (χ4n) is 2.27. The number of anilines is 2. The molecule has 0 radical (unpaired) electrons. The quantitative estimate of drug-likeness (QED) is 0.836. The molecule has 1 aliphatic heterocycles. The van der Waals surface area contributed by atoms with Gasteiger partial charge in [0.05, 0.1) is 11.9 Å². The molecule has 0 amide bonds. The monoisotopic (exact) mass is 284 g/mol. The van der Waals surface area contributed by atoms with Crippen LogP contribution in [0.3, 0.4) is 0 Å². The van der Waals surface area contributed by atoms with E-state index in [0.29, 0.717) is 36.1 Å². The predicted octanol–water partition coefficient (Wildman–Crippen LogP) is 0.968. The average Bonchev–Trinajstić information content (AvgIpc) is 3.15. The Labute approximate surface area is 112 Å². The SMILES string of the molecule is CS(=O)(=O)N(c1c(N)ccc2c1OCCO2)C1CC1. The second-order valence-electron chi connectivity index (χ2n) is 4.82. The Kier molecular flexibility index (Phi) is 2.74. The smallest absolute Gasteiger partial charge is 0.232 e. The van der Waals surface area contributed by atoms with Gasteiger partial charge < -0.3 is 15.2 Å². The van der Waals surface area contributed by atoms with Crippen LogP contribution in [0, 0.1) is 0 Å². The van der Waals surface area contributed by atoms with E-state index in [1.807, 2.05) is 0 Å². The molecule has 19 heavy (non-hydrogen) atoms. The molecule has 1 fully saturated rings. The van der Waals surface area contributed by atoms with Gasteiger partial charge in [0.15, 0.2) is 11.5 Å². The van der Waals surface area contributed by atoms with Gasteiger partial charge in [-0.25, -0.2) is 8.42 Å². The molecule has 7 heteroatoms. The first-order chi connectivity index (χ1) is 8.98. The lowest BCUT2D eigenvalue weighted by atomic mass is 10.2. The van der Waals surface area contributed by atoms with Crippen LogP contribution in [0.4, 0.5) is 11.4 Å². The summed E-state index contributed by atoms with van der Waals surface area (Å²) in [7, 11) is -3.39. The normalized spacial score (nSPS) is 18.2. The molecular formula is C12H16N2O4S. The molecule has 2 N–H and O–H groups in total. The summed E-state index contributed by atoms with van der Waals surface area (Å²) in [5, 5.41) is 0. The Bertz CT molecular complexity index is 610. The van der Waals surface area contributed by atoms with Crippen molar-refractivity contribution in [3.8, 4) is 11.5 Å². The maximum absolute atomic E-state index is 12.0. The lowest BCUT2D eigenvalue weighted by molar-refractivity contribution is 0.172. The third-order valence-corrected chi connectivity index (χ3v) is 4.37. The summed E-state index contributed by atoms with van der Waals surface area (Å²) in [4.78, 5) is 0. The van der Waals surface area contributed by atoms with Crippen LogP contribution in [0.1, 0.15) is 12.8 Å². The zero-order chi connectivity index (χ0) is 13.6. The van der Waals surface area contributed by atoms with Gasteiger partial charge in [0.25, 0.3) is 0 Å². The summed E-state index contributed by atoms with van der Waals surface area (Å²) in [5.41, 5.74) is 6.78. The molecule has 2 aliphatic rings. The molecule has 1 heterocycles. The van der Waals surface area contributed by atoms with Crippen LogP contribution in [-0.4, -0.2) is 33.9 Å². The molecule has 0 atom stereocenters. The number of nitrogens with two attached hydrogens (primary N) is 1. The summed E-state index contributed by atoms with van der Waals surface area (Å²) in [5.74, 6) is 0.980. The second-order valence-corrected chi connectivity index (χ2v) is 6.68. The molecule has 1 aliphatic carbocycles. The fraction of sp³-hybridized carbons (Fsp3) is 0.500. The fourth-order valence-corrected chi connectivity index (χ4v) is 3.54. The predicted molar refractivity (Wildman–Crippen MR) is 72.2 cm³/mol. The largest absolute Gasteiger partial charge is 0.486 e. The zero-order valence-electron chi connectivity index (χ0n) is 10.6. The van der Waals surface area contributed by atoms with Gasteiger partial charge in [-0.2, -0.15) is 0 Å². The number of nitrogens with zero attached hydrogens (tertiary/aromatic N) is 1. The van der Waals surface area contributed by atoms with Crippen LogP contribution in [0.25, 0.3) is 0 Å². The van der Waals surface area contributed by atoms with Crippen molar-refractivity contribution in [2.75, 3.05) is 29.5 Å². The Morgan fingerprint density at radius 3 is 2.58 bits per heavy atom. The number of benzene rings is 1. The molecule has 1 aromatic carbocycles. The van der Waals surface area contributed by atoms with Crippen LogP contribution < -0.4 is 19.5 Å². The van der Waals surface area contributed by atoms with Crippen molar-refractivity contribution in [3.63, 3.8) is 0 Å². The highest BCUT2D eigenvalue weighted by molar-refractivity contribution is 7.92. The Balaban J connectivity index is 2.17. The van der Waals surface area contributed by atoms with Crippen molar-refractivity contribution in [1.29, 1.82) is 0 Å². The third-order valence-electron chi connectivity index (χ3n) is 3.17. The Morgan fingerprint density at radius 2 is 1.95 bits per heavy atom. The van der Waals surface area contributed by atoms with E-state index in [-0.39, 0.29) is 6.04 Å². The highest BCUT2D eigenvalue weighted by Crippen LogP contribution is 2.47. The van der Waals surface area contributed by atoms with E-state index < -0.39 is 10.0 Å². The molecule has 104 valence electrons. The van der Waals surface area contributed by atoms with E-state index in [2.05, 4.69) is 0 Å². The maximum Gasteiger partial charge on any atom is 0.232 e. The minimum atomic E-state index is -3.39. The first-order valence-electron chi connectivity index (χ1n) is 6.16. The summed E-state index contributed by atoms with van der Waals surface area (Å²) in [6, 6.07) is 3.35. The van der Waals surface area contributed by atoms with Gasteiger partial charge >= 0.3 is 0 Å². The minimum absolute atomic E-state index is 0.0191. The maximum atomic E-state index is 12.0. The number of hydrogen-bond donors (Lipinski definition) is 1. The Hall–Kier alpha value is -1.63. The van der Waals surface area contributed by atoms with Gasteiger partial charge in [-0.3, -0.25) is 4.31 Å². The molecule has 0 unspecified atom stereocenters. The molecule has 3 rings (SSSR count). The highest BCUT2D eigenvalue weighted by Gasteiger charge is 2.39. The molecular weight excluding hydrogens is 268 g/mol. The van der Waals surface area contributed by atoms with E-state index in [9.17, 15) is 8.42 Å². The molecule has 6 nitrogen and oxygen atoms in total. The van der Waals surface area contributed by atoms with E-state index >= 15 is 0 Å². The van der Waals surface area contributed by atoms with Crippen LogP contribution in [0.2, 0.25) is 0 Å². The van der Waals surface area contributed by atoms with E-state index in [1.165, 1.54) is 10.6 Å². The summed E-state index contributed by atoms with van der Waals surface area (Å²) < 4.78 is 36.5. The molecule has 0 saturated heterocycles. The topological polar surface area (TPSA) is 81.9 Å². The molecule has 0 aromatic heterocycles. The van der Waals surface area contributed by atoms with Crippen molar-refractivity contribution in [2.24, 2.45) is 0 Å². The number of rotatable bonds is 3. The van der Waals surface area contributed by atoms with Crippen LogP contribution in [0.5, 0.6) is 11.5 Å². The summed E-state index contributed by atoms with van der Waals surface area (Å²) in [6.07, 6.45) is 2.88. The van der Waals surface area contributed by atoms with Gasteiger partial charge in [0, 0.05) is 6.04 Å². The molecule has 0 spiro atoms. The van der Waals surface area contributed by atoms with Gasteiger partial charge in [0.2, 0.25) is 10.0 Å². The van der Waals surface area contributed by atoms with Crippen molar-refractivity contribution in [2.45, 2.75) is 18.9 Å². The minimum Gasteiger partial charge on any atom is -0.486 e. The number of fused-ring (bicyclic) bond motifs is 1. The van der Waals surface area contributed by atoms with Gasteiger partial charge in [-0.05, 0) is 25.0 Å². The number of nitrogen functional groups attached to an aromatic ring is 1. The standard InChI is InChI=1S/C12H16N2O4S/c1-19(15,16)14(8-2-3-8)11-9(13)4-5-10-12(11)18-7-6-17-10/h4-5,8H,2-3,6-7,13H2,1H3. The number of ether oxygens (including phenoxy) is 2. The molecule has 1 aromatic rings. The van der Waals surface area contributed by atoms with Crippen molar-refractivity contribution in [1.82, 2.24) is 0 Å². The van der Waals surface area contributed by atoms with Crippen LogP contribution in [0.15, 0.2) is 12.1 Å². The van der Waals surface area contributed by atoms with Crippen molar-refractivity contribution in [3.05, 3.63) is 12.1 Å². The summed E-state index contributed by atoms with van der Waals surface area (Å²) in [6.45, 7) is 0.852. The molecule has 1 saturated carbocycles. The molecule has 0 bridgehead atoms. The van der Waals surface area contributed by atoms with Gasteiger partial charge in [-0.1, -0.05) is 0 Å². The second kappa shape index (κ2) is 4.19. The zero-order valence-corrected chi connectivity index (χ0v) is 11.4. The van der Waals surface area contributed by atoms with Gasteiger partial charge in [-0.15, -0.1) is 0 Å². The number of hydrogen-bond acceptors (Lipinski definition) is 5. The number of sulfonamides is 1. The van der Waals surface area contributed by atoms with Crippen LogP contribution >= 0.6 is 0 Å². The lowest BCUT2D eigenvalue weighted by Gasteiger charge is -2.29. The third kappa shape index (κ3) is 2.18. The van der Waals surface area contributed by atoms with Gasteiger partial charge in [0.1, 0.15) is 18.9 Å². The first kappa shape index (κ1) is 12.4. The average molecular weight is 284 g/mol. The highest BCUT2D eigenvalue weighted by atomic mass is 32.2. The van der Waals surface area contributed by atoms with E-state index in [0.717, 1.165) is 12.8 Å².